The van der Waals surface area contributed by atoms with Gasteiger partial charge in [0.15, 0.2) is 18.3 Å². The van der Waals surface area contributed by atoms with Gasteiger partial charge in [-0.1, -0.05) is 0 Å². The SMILES string of the molecule is CCN(C(C)=O)[C@@H](OC(C)=O)[C@H](OC(C)=O)[C@H](OC(C)=O)[C@@H](COC(C)=O)OC(C)=O. The van der Waals surface area contributed by atoms with Crippen molar-refractivity contribution in [1.82, 2.24) is 4.90 Å². The van der Waals surface area contributed by atoms with Crippen LogP contribution in [0.15, 0.2) is 0 Å². The van der Waals surface area contributed by atoms with Crippen LogP contribution in [0.25, 0.3) is 0 Å². The van der Waals surface area contributed by atoms with Crippen LogP contribution in [-0.4, -0.2) is 78.3 Å². The molecule has 0 spiro atoms. The van der Waals surface area contributed by atoms with Gasteiger partial charge in [0.25, 0.3) is 0 Å². The number of amides is 1. The van der Waals surface area contributed by atoms with Crippen molar-refractivity contribution in [3.63, 3.8) is 0 Å². The Kier molecular flexibility index (Phi) is 11.8. The zero-order valence-electron chi connectivity index (χ0n) is 18.7. The van der Waals surface area contributed by atoms with Crippen molar-refractivity contribution in [3.05, 3.63) is 0 Å². The number of nitrogens with zero attached hydrogens (tertiary/aromatic N) is 1. The summed E-state index contributed by atoms with van der Waals surface area (Å²) < 4.78 is 25.7. The highest BCUT2D eigenvalue weighted by molar-refractivity contribution is 5.74. The van der Waals surface area contributed by atoms with E-state index in [9.17, 15) is 28.8 Å². The molecule has 0 rings (SSSR count). The van der Waals surface area contributed by atoms with Crippen molar-refractivity contribution < 1.29 is 52.5 Å². The Morgan fingerprint density at radius 3 is 1.45 bits per heavy atom. The fourth-order valence-corrected chi connectivity index (χ4v) is 2.69. The molecule has 12 nitrogen and oxygen atoms in total. The lowest BCUT2D eigenvalue weighted by atomic mass is 10.0. The second-order valence-electron chi connectivity index (χ2n) is 6.40. The minimum absolute atomic E-state index is 0.0278. The quantitative estimate of drug-likeness (QED) is 0.241. The number of carbonyl (C=O) groups excluding carboxylic acids is 6. The molecule has 0 heterocycles. The number of likely N-dealkylation sites (N-methyl/N-ethyl adjacent to an activating group) is 1. The van der Waals surface area contributed by atoms with E-state index in [4.69, 9.17) is 23.7 Å². The minimum atomic E-state index is -1.62. The molecule has 0 fully saturated rings. The van der Waals surface area contributed by atoms with Crippen LogP contribution in [0.1, 0.15) is 48.5 Å². The van der Waals surface area contributed by atoms with Gasteiger partial charge in [0.05, 0.1) is 0 Å². The van der Waals surface area contributed by atoms with Crippen molar-refractivity contribution in [1.29, 1.82) is 0 Å². The smallest absolute Gasteiger partial charge is 0.304 e. The highest BCUT2D eigenvalue weighted by Crippen LogP contribution is 2.22. The molecule has 0 aliphatic heterocycles. The Balaban J connectivity index is 6.54. The molecule has 0 aliphatic rings. The first kappa shape index (κ1) is 27.8. The van der Waals surface area contributed by atoms with Crippen molar-refractivity contribution in [2.45, 2.75) is 73.0 Å². The van der Waals surface area contributed by atoms with Gasteiger partial charge < -0.3 is 28.6 Å². The predicted molar refractivity (Wildman–Crippen MR) is 102 cm³/mol. The van der Waals surface area contributed by atoms with Crippen molar-refractivity contribution in [2.24, 2.45) is 0 Å². The summed E-state index contributed by atoms with van der Waals surface area (Å²) in [5, 5.41) is 0. The van der Waals surface area contributed by atoms with Gasteiger partial charge in [-0.25, -0.2) is 0 Å². The number of hydrogen-bond acceptors (Lipinski definition) is 11. The third-order valence-electron chi connectivity index (χ3n) is 3.68. The highest BCUT2D eigenvalue weighted by atomic mass is 16.6. The standard InChI is InChI=1S/C19H29NO11/c1-8-20(10(2)21)19(31-15(7)26)18(30-14(6)25)17(29-13(5)24)16(28-12(4)23)9-27-11(3)22/h16-19H,8-9H2,1-7H3/t16-,17-,18-,19+/m1/s1. The van der Waals surface area contributed by atoms with Gasteiger partial charge >= 0.3 is 29.8 Å². The van der Waals surface area contributed by atoms with E-state index in [0.717, 1.165) is 39.5 Å². The molecule has 0 N–H and O–H groups in total. The summed E-state index contributed by atoms with van der Waals surface area (Å²) in [4.78, 5) is 71.4. The maximum Gasteiger partial charge on any atom is 0.304 e. The lowest BCUT2D eigenvalue weighted by Crippen LogP contribution is -2.59. The molecule has 0 saturated carbocycles. The van der Waals surface area contributed by atoms with Gasteiger partial charge in [0, 0.05) is 48.1 Å². The van der Waals surface area contributed by atoms with Gasteiger partial charge in [0.1, 0.15) is 6.61 Å². The van der Waals surface area contributed by atoms with E-state index in [1.54, 1.807) is 6.92 Å². The first-order valence-corrected chi connectivity index (χ1v) is 9.39. The number of esters is 5. The van der Waals surface area contributed by atoms with E-state index in [2.05, 4.69) is 0 Å². The second-order valence-corrected chi connectivity index (χ2v) is 6.40. The summed E-state index contributed by atoms with van der Waals surface area (Å²) in [7, 11) is 0. The molecule has 0 saturated heterocycles. The number of hydrogen-bond donors (Lipinski definition) is 0. The fraction of sp³-hybridized carbons (Fsp3) is 0.684. The molecule has 0 bridgehead atoms. The molecule has 12 heteroatoms. The largest absolute Gasteiger partial charge is 0.462 e. The van der Waals surface area contributed by atoms with Crippen molar-refractivity contribution in [2.75, 3.05) is 13.2 Å². The molecule has 31 heavy (non-hydrogen) atoms. The molecule has 1 amide bonds. The Morgan fingerprint density at radius 1 is 0.645 bits per heavy atom. The zero-order valence-corrected chi connectivity index (χ0v) is 18.7. The molecule has 0 aliphatic carbocycles. The zero-order chi connectivity index (χ0) is 24.3. The van der Waals surface area contributed by atoms with Crippen LogP contribution in [-0.2, 0) is 52.5 Å². The monoisotopic (exact) mass is 447 g/mol. The summed E-state index contributed by atoms with van der Waals surface area (Å²) >= 11 is 0. The van der Waals surface area contributed by atoms with Gasteiger partial charge in [0.2, 0.25) is 12.1 Å². The van der Waals surface area contributed by atoms with Crippen LogP contribution in [0.5, 0.6) is 0 Å². The maximum atomic E-state index is 12.1. The van der Waals surface area contributed by atoms with E-state index in [-0.39, 0.29) is 6.54 Å². The molecule has 0 aromatic carbocycles. The second kappa shape index (κ2) is 13.2. The lowest BCUT2D eigenvalue weighted by Gasteiger charge is -2.39. The van der Waals surface area contributed by atoms with E-state index in [1.807, 2.05) is 0 Å². The van der Waals surface area contributed by atoms with Gasteiger partial charge in [-0.15, -0.1) is 0 Å². The predicted octanol–water partition coefficient (Wildman–Crippen LogP) is 0.102. The Labute approximate surface area is 180 Å². The van der Waals surface area contributed by atoms with Crippen LogP contribution in [0.4, 0.5) is 0 Å². The topological polar surface area (TPSA) is 152 Å². The van der Waals surface area contributed by atoms with Crippen LogP contribution in [0, 0.1) is 0 Å². The molecule has 0 radical (unpaired) electrons. The molecule has 4 atom stereocenters. The van der Waals surface area contributed by atoms with Crippen LogP contribution in [0.3, 0.4) is 0 Å². The van der Waals surface area contributed by atoms with Gasteiger partial charge in [-0.2, -0.15) is 0 Å². The van der Waals surface area contributed by atoms with Crippen molar-refractivity contribution in [3.8, 4) is 0 Å². The van der Waals surface area contributed by atoms with E-state index < -0.39 is 66.9 Å². The Bertz CT molecular complexity index is 690. The molecule has 176 valence electrons. The molecule has 0 aromatic rings. The third-order valence-corrected chi connectivity index (χ3v) is 3.68. The van der Waals surface area contributed by atoms with E-state index in [0.29, 0.717) is 0 Å². The Hall–Kier alpha value is -3.18. The molecule has 0 aromatic heterocycles. The van der Waals surface area contributed by atoms with E-state index >= 15 is 0 Å². The lowest BCUT2D eigenvalue weighted by molar-refractivity contribution is -0.217. The fourth-order valence-electron chi connectivity index (χ4n) is 2.69. The maximum absolute atomic E-state index is 12.1. The van der Waals surface area contributed by atoms with Crippen LogP contribution >= 0.6 is 0 Å². The van der Waals surface area contributed by atoms with Crippen LogP contribution in [0.2, 0.25) is 0 Å². The van der Waals surface area contributed by atoms with Gasteiger partial charge in [-0.3, -0.25) is 28.8 Å². The third kappa shape index (κ3) is 10.4. The normalized spacial score (nSPS) is 14.2. The van der Waals surface area contributed by atoms with Gasteiger partial charge in [-0.05, 0) is 6.92 Å². The summed E-state index contributed by atoms with van der Waals surface area (Å²) in [6.45, 7) is 7.53. The number of ether oxygens (including phenoxy) is 5. The Morgan fingerprint density at radius 2 is 1.10 bits per heavy atom. The summed E-state index contributed by atoms with van der Waals surface area (Å²) in [5.74, 6) is -4.65. The summed E-state index contributed by atoms with van der Waals surface area (Å²) in [6.07, 6.45) is -6.20. The van der Waals surface area contributed by atoms with Crippen LogP contribution < -0.4 is 0 Å². The first-order valence-electron chi connectivity index (χ1n) is 9.39. The van der Waals surface area contributed by atoms with E-state index in [1.165, 1.54) is 6.92 Å². The summed E-state index contributed by atoms with van der Waals surface area (Å²) in [6, 6.07) is 0. The molecule has 0 unspecified atom stereocenters. The minimum Gasteiger partial charge on any atom is -0.462 e. The average Bonchev–Trinajstić information content (AvgIpc) is 2.60. The van der Waals surface area contributed by atoms with Crippen molar-refractivity contribution >= 4 is 35.8 Å². The first-order chi connectivity index (χ1) is 14.3. The summed E-state index contributed by atoms with van der Waals surface area (Å²) in [5.41, 5.74) is 0. The number of carbonyl (C=O) groups is 6. The number of rotatable bonds is 11. The molecular weight excluding hydrogens is 418 g/mol. The highest BCUT2D eigenvalue weighted by Gasteiger charge is 2.46. The average molecular weight is 447 g/mol. The molecular formula is C19H29NO11.